The maximum atomic E-state index is 11.8. The molecule has 6 nitrogen and oxygen atoms in total. The molecule has 0 bridgehead atoms. The zero-order chi connectivity index (χ0) is 30.2. The van der Waals surface area contributed by atoms with E-state index in [-0.39, 0.29) is 0 Å². The van der Waals surface area contributed by atoms with Crippen LogP contribution in [0, 0.1) is 0 Å². The van der Waals surface area contributed by atoms with E-state index in [1.165, 1.54) is 103 Å². The van der Waals surface area contributed by atoms with Gasteiger partial charge in [0.1, 0.15) is 4.93 Å². The highest BCUT2D eigenvalue weighted by atomic mass is 32.2. The molecule has 2 unspecified atom stereocenters. The molecule has 0 aromatic carbocycles. The molecule has 0 spiro atoms. The number of hydrogen-bond donors (Lipinski definition) is 2. The van der Waals surface area contributed by atoms with E-state index in [0.29, 0.717) is 25.5 Å². The van der Waals surface area contributed by atoms with Crippen LogP contribution in [0.1, 0.15) is 142 Å². The number of quaternary nitrogens is 1. The Morgan fingerprint density at radius 3 is 1.73 bits per heavy atom. The molecule has 2 atom stereocenters. The molecule has 0 aromatic heterocycles. The lowest BCUT2D eigenvalue weighted by atomic mass is 10.0. The molecule has 0 amide bonds. The van der Waals surface area contributed by atoms with Gasteiger partial charge in [0.05, 0.1) is 27.2 Å². The average molecular weight is 609 g/mol. The van der Waals surface area contributed by atoms with Crippen molar-refractivity contribution in [2.75, 3.05) is 40.6 Å². The quantitative estimate of drug-likeness (QED) is 0.0289. The highest BCUT2D eigenvalue weighted by Gasteiger charge is 2.39. The summed E-state index contributed by atoms with van der Waals surface area (Å²) in [4.78, 5) is 18.3. The molecule has 0 aliphatic heterocycles. The van der Waals surface area contributed by atoms with E-state index in [0.717, 1.165) is 23.1 Å². The van der Waals surface area contributed by atoms with Crippen LogP contribution in [-0.2, 0) is 13.8 Å². The van der Waals surface area contributed by atoms with Crippen LogP contribution in [0.5, 0.6) is 0 Å². The number of allylic oxidation sites excluding steroid dienone is 2. The summed E-state index contributed by atoms with van der Waals surface area (Å²) in [5, 5.41) is 0. The number of methoxy groups -OCH3 is 1. The van der Waals surface area contributed by atoms with E-state index < -0.39 is 12.8 Å². The zero-order valence-corrected chi connectivity index (χ0v) is 28.9. The molecule has 0 aromatic rings. The van der Waals surface area contributed by atoms with Crippen LogP contribution in [0.4, 0.5) is 0 Å². The Labute approximate surface area is 253 Å². The molecular formula is C32H67NO5PS+. The summed E-state index contributed by atoms with van der Waals surface area (Å²) < 4.78 is 23.3. The topological polar surface area (TPSA) is 76.0 Å². The highest BCUT2D eigenvalue weighted by Crippen LogP contribution is 2.50. The molecular weight excluding hydrogens is 541 g/mol. The SMILES string of the molecule is CCCCCCCC/C=C\CCCCCCCCCCC(CSC(CCC)(CCOC)OP(=O)(O)O)[N+](C)(C)C. The van der Waals surface area contributed by atoms with E-state index in [4.69, 9.17) is 9.26 Å². The molecule has 0 saturated carbocycles. The van der Waals surface area contributed by atoms with Gasteiger partial charge in [-0.15, -0.1) is 11.8 Å². The molecule has 0 rings (SSSR count). The first-order valence-corrected chi connectivity index (χ1v) is 18.9. The second-order valence-corrected chi connectivity index (χ2v) is 15.0. The number of ether oxygens (including phenoxy) is 1. The lowest BCUT2D eigenvalue weighted by molar-refractivity contribution is -0.893. The van der Waals surface area contributed by atoms with Crippen LogP contribution in [0.3, 0.4) is 0 Å². The Hall–Kier alpha value is 0.120. The highest BCUT2D eigenvalue weighted by molar-refractivity contribution is 8.00. The van der Waals surface area contributed by atoms with E-state index >= 15 is 0 Å². The van der Waals surface area contributed by atoms with E-state index in [2.05, 4.69) is 40.2 Å². The van der Waals surface area contributed by atoms with Crippen molar-refractivity contribution < 1.29 is 28.1 Å². The minimum absolute atomic E-state index is 0.401. The molecule has 40 heavy (non-hydrogen) atoms. The first-order chi connectivity index (χ1) is 19.0. The number of unbranched alkanes of at least 4 members (excludes halogenated alkanes) is 14. The molecule has 0 heterocycles. The maximum absolute atomic E-state index is 11.8. The fourth-order valence-electron chi connectivity index (χ4n) is 5.17. The Balaban J connectivity index is 4.20. The summed E-state index contributed by atoms with van der Waals surface area (Å²) in [6, 6.07) is 0.401. The van der Waals surface area contributed by atoms with E-state index in [9.17, 15) is 14.4 Å². The van der Waals surface area contributed by atoms with Crippen molar-refractivity contribution in [3.05, 3.63) is 12.2 Å². The summed E-state index contributed by atoms with van der Waals surface area (Å²) in [6.45, 7) is 4.71. The molecule has 8 heteroatoms. The maximum Gasteiger partial charge on any atom is 0.470 e. The van der Waals surface area contributed by atoms with Crippen molar-refractivity contribution in [1.82, 2.24) is 0 Å². The summed E-state index contributed by atoms with van der Waals surface area (Å²) in [7, 11) is 3.67. The smallest absolute Gasteiger partial charge is 0.385 e. The molecule has 0 aliphatic rings. The van der Waals surface area contributed by atoms with Crippen molar-refractivity contribution in [3.63, 3.8) is 0 Å². The van der Waals surface area contributed by atoms with Gasteiger partial charge in [0, 0.05) is 32.3 Å². The monoisotopic (exact) mass is 608 g/mol. The second kappa shape index (κ2) is 24.6. The number of hydrogen-bond acceptors (Lipinski definition) is 4. The fourth-order valence-corrected chi connectivity index (χ4v) is 7.97. The van der Waals surface area contributed by atoms with Crippen molar-refractivity contribution >= 4 is 19.6 Å². The number of thioether (sulfide) groups is 1. The molecule has 2 N–H and O–H groups in total. The van der Waals surface area contributed by atoms with Gasteiger partial charge in [-0.1, -0.05) is 103 Å². The van der Waals surface area contributed by atoms with Gasteiger partial charge in [-0.3, -0.25) is 4.52 Å². The van der Waals surface area contributed by atoms with Gasteiger partial charge >= 0.3 is 7.82 Å². The van der Waals surface area contributed by atoms with Crippen molar-refractivity contribution in [3.8, 4) is 0 Å². The average Bonchev–Trinajstić information content (AvgIpc) is 2.87. The van der Waals surface area contributed by atoms with Gasteiger partial charge in [-0.2, -0.15) is 0 Å². The van der Waals surface area contributed by atoms with Crippen LogP contribution >= 0.6 is 19.6 Å². The van der Waals surface area contributed by atoms with Gasteiger partial charge in [0.25, 0.3) is 0 Å². The van der Waals surface area contributed by atoms with Crippen LogP contribution in [0.25, 0.3) is 0 Å². The molecule has 0 saturated heterocycles. The first kappa shape index (κ1) is 40.1. The van der Waals surface area contributed by atoms with Gasteiger partial charge < -0.3 is 19.0 Å². The van der Waals surface area contributed by atoms with Gasteiger partial charge in [0.2, 0.25) is 0 Å². The molecule has 240 valence electrons. The minimum atomic E-state index is -4.60. The van der Waals surface area contributed by atoms with Crippen molar-refractivity contribution in [1.29, 1.82) is 0 Å². The Kier molecular flexibility index (Phi) is 24.6. The second-order valence-electron chi connectivity index (χ2n) is 12.5. The van der Waals surface area contributed by atoms with Crippen LogP contribution in [0.2, 0.25) is 0 Å². The number of phosphoric ester groups is 1. The lowest BCUT2D eigenvalue weighted by Crippen LogP contribution is -2.47. The summed E-state index contributed by atoms with van der Waals surface area (Å²) in [6.07, 6.45) is 29.0. The zero-order valence-electron chi connectivity index (χ0n) is 27.2. The summed E-state index contributed by atoms with van der Waals surface area (Å²) in [5.74, 6) is 0.806. The fraction of sp³-hybridized carbons (Fsp3) is 0.938. The number of nitrogens with zero attached hydrogens (tertiary/aromatic N) is 1. The molecule has 0 radical (unpaired) electrons. The van der Waals surface area contributed by atoms with Crippen LogP contribution < -0.4 is 0 Å². The minimum Gasteiger partial charge on any atom is -0.385 e. The van der Waals surface area contributed by atoms with Gasteiger partial charge in [-0.25, -0.2) is 4.57 Å². The Bertz CT molecular complexity index is 652. The standard InChI is InChI=1S/C32H66NO5PS/c1-7-9-10-11-12-13-14-15-16-17-18-19-20-21-22-23-24-25-26-31(33(3,4)5)30-40-32(27-8-2,28-29-37-6)38-39(34,35)36/h15-16,31H,7-14,17-30H2,1-6H3,(H-,34,35,36)/p+1/b16-15-. The van der Waals surface area contributed by atoms with E-state index in [1.807, 2.05) is 6.92 Å². The van der Waals surface area contributed by atoms with Gasteiger partial charge in [0.15, 0.2) is 0 Å². The van der Waals surface area contributed by atoms with E-state index in [1.54, 1.807) is 18.9 Å². The van der Waals surface area contributed by atoms with Crippen LogP contribution in [-0.4, -0.2) is 65.9 Å². The van der Waals surface area contributed by atoms with Gasteiger partial charge in [-0.05, 0) is 38.5 Å². The number of rotatable bonds is 29. The predicted molar refractivity (Wildman–Crippen MR) is 175 cm³/mol. The Morgan fingerprint density at radius 2 is 1.27 bits per heavy atom. The van der Waals surface area contributed by atoms with Crippen molar-refractivity contribution in [2.45, 2.75) is 153 Å². The van der Waals surface area contributed by atoms with Crippen LogP contribution in [0.15, 0.2) is 12.2 Å². The van der Waals surface area contributed by atoms with Crippen molar-refractivity contribution in [2.24, 2.45) is 0 Å². The third kappa shape index (κ3) is 23.7. The molecule has 0 fully saturated rings. The molecule has 0 aliphatic carbocycles. The predicted octanol–water partition coefficient (Wildman–Crippen LogP) is 9.64. The summed E-state index contributed by atoms with van der Waals surface area (Å²) >= 11 is 1.57. The Morgan fingerprint density at radius 1 is 0.775 bits per heavy atom. The lowest BCUT2D eigenvalue weighted by Gasteiger charge is -2.38. The largest absolute Gasteiger partial charge is 0.470 e. The number of phosphoric acid groups is 1. The first-order valence-electron chi connectivity index (χ1n) is 16.3. The third-order valence-corrected chi connectivity index (χ3v) is 10.1. The normalized spacial score (nSPS) is 15.1. The third-order valence-electron chi connectivity index (χ3n) is 7.79. The summed E-state index contributed by atoms with van der Waals surface area (Å²) in [5.41, 5.74) is 0.